The highest BCUT2D eigenvalue weighted by Crippen LogP contribution is 2.39. The number of rotatable bonds is 7. The quantitative estimate of drug-likeness (QED) is 0.420. The Bertz CT molecular complexity index is 1070. The second kappa shape index (κ2) is 9.49. The van der Waals surface area contributed by atoms with E-state index in [0.717, 1.165) is 17.1 Å². The highest BCUT2D eigenvalue weighted by molar-refractivity contribution is 7.80. The molecule has 3 aromatic rings. The molecule has 0 spiro atoms. The van der Waals surface area contributed by atoms with Gasteiger partial charge >= 0.3 is 5.97 Å². The second-order valence-corrected chi connectivity index (χ2v) is 8.11. The van der Waals surface area contributed by atoms with Gasteiger partial charge in [0.2, 0.25) is 0 Å². The minimum atomic E-state index is -0.224. The van der Waals surface area contributed by atoms with Crippen LogP contribution in [0.25, 0.3) is 5.69 Å². The molecule has 6 nitrogen and oxygen atoms in total. The highest BCUT2D eigenvalue weighted by atomic mass is 35.5. The molecule has 2 aromatic heterocycles. The molecule has 1 saturated heterocycles. The average molecular weight is 455 g/mol. The van der Waals surface area contributed by atoms with E-state index in [9.17, 15) is 4.79 Å². The maximum absolute atomic E-state index is 11.6. The Morgan fingerprint density at radius 2 is 2.10 bits per heavy atom. The van der Waals surface area contributed by atoms with Crippen LogP contribution in [0.5, 0.6) is 0 Å². The lowest BCUT2D eigenvalue weighted by molar-refractivity contribution is -0.140. The first kappa shape index (κ1) is 21.3. The number of carbonyl (C=O) groups is 1. The summed E-state index contributed by atoms with van der Waals surface area (Å²) in [5, 5.41) is 4.76. The van der Waals surface area contributed by atoms with Gasteiger partial charge in [-0.15, -0.1) is 0 Å². The summed E-state index contributed by atoms with van der Waals surface area (Å²) in [6, 6.07) is 17.5. The number of nitrogens with one attached hydrogen (secondary N) is 1. The number of halogens is 1. The second-order valence-electron chi connectivity index (χ2n) is 7.28. The van der Waals surface area contributed by atoms with Crippen molar-refractivity contribution in [3.63, 3.8) is 0 Å². The number of pyridine rings is 1. The molecule has 0 bridgehead atoms. The highest BCUT2D eigenvalue weighted by Gasteiger charge is 2.41. The fourth-order valence-electron chi connectivity index (χ4n) is 3.96. The summed E-state index contributed by atoms with van der Waals surface area (Å²) >= 11 is 11.9. The van der Waals surface area contributed by atoms with E-state index in [2.05, 4.69) is 25.8 Å². The largest absolute Gasteiger partial charge is 0.469 e. The van der Waals surface area contributed by atoms with Crippen LogP contribution in [-0.4, -0.2) is 39.2 Å². The molecule has 160 valence electrons. The normalized spacial score (nSPS) is 18.1. The number of hydrogen-bond acceptors (Lipinski definition) is 4. The summed E-state index contributed by atoms with van der Waals surface area (Å²) in [7, 11) is 1.40. The van der Waals surface area contributed by atoms with Crippen LogP contribution in [0.4, 0.5) is 0 Å². The van der Waals surface area contributed by atoms with Crippen molar-refractivity contribution in [1.29, 1.82) is 0 Å². The van der Waals surface area contributed by atoms with Gasteiger partial charge in [-0.25, -0.2) is 0 Å². The van der Waals surface area contributed by atoms with Crippen molar-refractivity contribution in [3.05, 3.63) is 83.4 Å². The van der Waals surface area contributed by atoms with Crippen molar-refractivity contribution in [1.82, 2.24) is 19.8 Å². The van der Waals surface area contributed by atoms with Crippen molar-refractivity contribution in [2.75, 3.05) is 13.7 Å². The monoisotopic (exact) mass is 454 g/mol. The van der Waals surface area contributed by atoms with Crippen molar-refractivity contribution in [2.24, 2.45) is 0 Å². The van der Waals surface area contributed by atoms with Crippen LogP contribution >= 0.6 is 23.8 Å². The van der Waals surface area contributed by atoms with Crippen molar-refractivity contribution in [3.8, 4) is 5.69 Å². The number of methoxy groups -OCH3 is 1. The van der Waals surface area contributed by atoms with Gasteiger partial charge in [0.25, 0.3) is 0 Å². The number of carbonyl (C=O) groups excluding carboxylic acids is 1. The van der Waals surface area contributed by atoms with E-state index in [0.29, 0.717) is 29.5 Å². The van der Waals surface area contributed by atoms with E-state index in [4.69, 9.17) is 28.6 Å². The molecule has 0 radical (unpaired) electrons. The van der Waals surface area contributed by atoms with E-state index in [1.165, 1.54) is 7.11 Å². The molecule has 1 aromatic carbocycles. The molecular weight excluding hydrogens is 432 g/mol. The third-order valence-corrected chi connectivity index (χ3v) is 5.96. The molecule has 31 heavy (non-hydrogen) atoms. The van der Waals surface area contributed by atoms with Gasteiger partial charge in [-0.05, 0) is 61.1 Å². The van der Waals surface area contributed by atoms with E-state index in [1.54, 1.807) is 6.20 Å². The molecule has 1 fully saturated rings. The van der Waals surface area contributed by atoms with Crippen LogP contribution in [0.3, 0.4) is 0 Å². The van der Waals surface area contributed by atoms with Gasteiger partial charge in [0, 0.05) is 41.8 Å². The molecule has 4 rings (SSSR count). The smallest absolute Gasteiger partial charge is 0.305 e. The number of ether oxygens (including phenoxy) is 1. The third-order valence-electron chi connectivity index (χ3n) is 5.38. The van der Waals surface area contributed by atoms with E-state index in [1.807, 2.05) is 54.7 Å². The number of benzene rings is 1. The van der Waals surface area contributed by atoms with Gasteiger partial charge in [-0.2, -0.15) is 0 Å². The lowest BCUT2D eigenvalue weighted by Crippen LogP contribution is -2.31. The lowest BCUT2D eigenvalue weighted by Gasteiger charge is -2.29. The topological polar surface area (TPSA) is 59.4 Å². The summed E-state index contributed by atoms with van der Waals surface area (Å²) in [5.74, 6) is -0.224. The van der Waals surface area contributed by atoms with Gasteiger partial charge in [-0.3, -0.25) is 9.78 Å². The van der Waals surface area contributed by atoms with Crippen LogP contribution in [-0.2, 0) is 9.53 Å². The zero-order chi connectivity index (χ0) is 21.8. The Kier molecular flexibility index (Phi) is 6.53. The van der Waals surface area contributed by atoms with Crippen molar-refractivity contribution in [2.45, 2.75) is 24.9 Å². The summed E-state index contributed by atoms with van der Waals surface area (Å²) in [6.07, 6.45) is 4.78. The molecular formula is C23H23ClN4O2S. The number of thiocarbonyl (C=S) groups is 1. The number of hydrogen-bond donors (Lipinski definition) is 1. The molecule has 3 heterocycles. The van der Waals surface area contributed by atoms with Gasteiger partial charge in [0.1, 0.15) is 0 Å². The molecule has 8 heteroatoms. The predicted octanol–water partition coefficient (Wildman–Crippen LogP) is 4.45. The van der Waals surface area contributed by atoms with Crippen molar-refractivity contribution < 1.29 is 9.53 Å². The van der Waals surface area contributed by atoms with E-state index >= 15 is 0 Å². The Balaban J connectivity index is 1.72. The van der Waals surface area contributed by atoms with E-state index < -0.39 is 0 Å². The zero-order valence-corrected chi connectivity index (χ0v) is 18.6. The van der Waals surface area contributed by atoms with Gasteiger partial charge in [0.05, 0.1) is 24.9 Å². The molecule has 1 aliphatic heterocycles. The molecule has 1 N–H and O–H groups in total. The fraction of sp³-hybridized carbons (Fsp3) is 0.261. The molecule has 0 amide bonds. The minimum absolute atomic E-state index is 0.103. The van der Waals surface area contributed by atoms with Gasteiger partial charge < -0.3 is 19.5 Å². The standard InChI is InChI=1S/C23H23ClN4O2S/c1-30-20(29)11-6-14-28-22(21(26-23(28)31)18-9-2-3-12-25-18)19-10-5-13-27(19)17-8-4-7-16(24)15-17/h2-5,7-10,12-13,15,21-22H,6,11,14H2,1H3,(H,26,31)/t21-,22-/m1/s1. The molecule has 0 saturated carbocycles. The van der Waals surface area contributed by atoms with Crippen LogP contribution in [0.2, 0.25) is 5.02 Å². The van der Waals surface area contributed by atoms with Crippen LogP contribution in [0, 0.1) is 0 Å². The molecule has 0 aliphatic carbocycles. The zero-order valence-electron chi connectivity index (χ0n) is 17.1. The summed E-state index contributed by atoms with van der Waals surface area (Å²) in [6.45, 7) is 0.621. The Morgan fingerprint density at radius 1 is 1.23 bits per heavy atom. The first-order valence-corrected chi connectivity index (χ1v) is 10.8. The first-order valence-electron chi connectivity index (χ1n) is 10.1. The van der Waals surface area contributed by atoms with Crippen molar-refractivity contribution >= 4 is 34.9 Å². The maximum Gasteiger partial charge on any atom is 0.305 e. The van der Waals surface area contributed by atoms with E-state index in [-0.39, 0.29) is 18.1 Å². The number of aromatic nitrogens is 2. The lowest BCUT2D eigenvalue weighted by atomic mass is 10.0. The predicted molar refractivity (Wildman–Crippen MR) is 124 cm³/mol. The molecule has 2 atom stereocenters. The minimum Gasteiger partial charge on any atom is -0.469 e. The number of nitrogens with zero attached hydrogens (tertiary/aromatic N) is 3. The fourth-order valence-corrected chi connectivity index (χ4v) is 4.48. The maximum atomic E-state index is 11.6. The SMILES string of the molecule is COC(=O)CCCN1C(=S)N[C@H](c2ccccn2)[C@H]1c1cccn1-c1cccc(Cl)c1. The summed E-state index contributed by atoms with van der Waals surface area (Å²) in [5.41, 5.74) is 2.94. The summed E-state index contributed by atoms with van der Waals surface area (Å²) < 4.78 is 6.91. The Morgan fingerprint density at radius 3 is 2.84 bits per heavy atom. The van der Waals surface area contributed by atoms with Crippen LogP contribution < -0.4 is 5.32 Å². The third kappa shape index (κ3) is 4.57. The van der Waals surface area contributed by atoms with Crippen LogP contribution in [0.1, 0.15) is 36.3 Å². The van der Waals surface area contributed by atoms with Gasteiger partial charge in [0.15, 0.2) is 5.11 Å². The summed E-state index contributed by atoms with van der Waals surface area (Å²) in [4.78, 5) is 18.3. The molecule has 1 aliphatic rings. The average Bonchev–Trinajstić information content (AvgIpc) is 3.39. The van der Waals surface area contributed by atoms with Gasteiger partial charge in [-0.1, -0.05) is 23.7 Å². The Labute approximate surface area is 191 Å². The van der Waals surface area contributed by atoms with Crippen LogP contribution in [0.15, 0.2) is 67.0 Å². The number of esters is 1. The first-order chi connectivity index (χ1) is 15.1. The Hall–Kier alpha value is -2.90. The molecule has 0 unspecified atom stereocenters.